The van der Waals surface area contributed by atoms with E-state index in [9.17, 15) is 9.59 Å². The van der Waals surface area contributed by atoms with E-state index in [0.29, 0.717) is 11.1 Å². The van der Waals surface area contributed by atoms with Crippen molar-refractivity contribution in [2.75, 3.05) is 11.6 Å². The smallest absolute Gasteiger partial charge is 0.339 e. The summed E-state index contributed by atoms with van der Waals surface area (Å²) >= 11 is 0. The Morgan fingerprint density at radius 1 is 1.12 bits per heavy atom. The largest absolute Gasteiger partial charge is 0.444 e. The Morgan fingerprint density at radius 3 is 2.36 bits per heavy atom. The van der Waals surface area contributed by atoms with Crippen LogP contribution in [0.4, 0.5) is 5.69 Å². The molecule has 25 heavy (non-hydrogen) atoms. The number of anilines is 1. The maximum absolute atomic E-state index is 12.3. The molecule has 0 aliphatic carbocycles. The van der Waals surface area contributed by atoms with Crippen LogP contribution in [-0.4, -0.2) is 24.1 Å². The standard InChI is InChI=1S/C19H19N3O3/c1-13-11-12-22(21-13)16-9-7-15(8-10-16)19(24)25-17(18(20)23)14-5-3-2-4-6-14/h2-10,17H,11-12H2,1H3,(H2,20,23)/t17-/m0/s1. The lowest BCUT2D eigenvalue weighted by atomic mass is 10.1. The third kappa shape index (κ3) is 3.85. The molecule has 0 fully saturated rings. The third-order valence-corrected chi connectivity index (χ3v) is 3.96. The molecule has 6 nitrogen and oxygen atoms in total. The lowest BCUT2D eigenvalue weighted by Gasteiger charge is -2.16. The summed E-state index contributed by atoms with van der Waals surface area (Å²) in [5.41, 5.74) is 8.26. The number of amides is 1. The van der Waals surface area contributed by atoms with E-state index < -0.39 is 18.0 Å². The van der Waals surface area contributed by atoms with Crippen LogP contribution in [0.5, 0.6) is 0 Å². The number of nitrogens with two attached hydrogens (primary N) is 1. The Morgan fingerprint density at radius 2 is 1.80 bits per heavy atom. The summed E-state index contributed by atoms with van der Waals surface area (Å²) in [6.45, 7) is 2.81. The summed E-state index contributed by atoms with van der Waals surface area (Å²) < 4.78 is 5.31. The number of rotatable bonds is 5. The van der Waals surface area contributed by atoms with Gasteiger partial charge in [0.2, 0.25) is 6.10 Å². The number of carbonyl (C=O) groups excluding carboxylic acids is 2. The van der Waals surface area contributed by atoms with Crippen molar-refractivity contribution in [3.05, 3.63) is 65.7 Å². The lowest BCUT2D eigenvalue weighted by molar-refractivity contribution is -0.127. The molecular formula is C19H19N3O3. The summed E-state index contributed by atoms with van der Waals surface area (Å²) in [5.74, 6) is -1.31. The topological polar surface area (TPSA) is 85.0 Å². The van der Waals surface area contributed by atoms with Crippen LogP contribution in [0.15, 0.2) is 59.7 Å². The zero-order valence-electron chi connectivity index (χ0n) is 13.9. The highest BCUT2D eigenvalue weighted by Crippen LogP contribution is 2.22. The van der Waals surface area contributed by atoms with Gasteiger partial charge in [-0.3, -0.25) is 9.80 Å². The van der Waals surface area contributed by atoms with E-state index in [0.717, 1.165) is 24.4 Å². The molecule has 0 unspecified atom stereocenters. The molecule has 3 rings (SSSR count). The van der Waals surface area contributed by atoms with Crippen molar-refractivity contribution in [2.45, 2.75) is 19.4 Å². The van der Waals surface area contributed by atoms with Crippen molar-refractivity contribution in [3.63, 3.8) is 0 Å². The first-order valence-electron chi connectivity index (χ1n) is 8.01. The van der Waals surface area contributed by atoms with E-state index in [4.69, 9.17) is 10.5 Å². The molecule has 2 aromatic rings. The Bertz CT molecular complexity index is 800. The zero-order chi connectivity index (χ0) is 17.8. The molecule has 6 heteroatoms. The molecule has 0 bridgehead atoms. The second-order valence-corrected chi connectivity index (χ2v) is 5.85. The first kappa shape index (κ1) is 16.7. The molecule has 0 saturated carbocycles. The van der Waals surface area contributed by atoms with Gasteiger partial charge < -0.3 is 10.5 Å². The molecular weight excluding hydrogens is 318 g/mol. The van der Waals surface area contributed by atoms with Gasteiger partial charge in [-0.25, -0.2) is 4.79 Å². The zero-order valence-corrected chi connectivity index (χ0v) is 13.9. The molecule has 1 aliphatic heterocycles. The van der Waals surface area contributed by atoms with Crippen LogP contribution in [0.1, 0.15) is 35.4 Å². The van der Waals surface area contributed by atoms with Crippen molar-refractivity contribution in [1.29, 1.82) is 0 Å². The molecule has 1 heterocycles. The fraction of sp³-hybridized carbons (Fsp3) is 0.211. The molecule has 1 atom stereocenters. The van der Waals surface area contributed by atoms with Gasteiger partial charge in [-0.05, 0) is 31.2 Å². The summed E-state index contributed by atoms with van der Waals surface area (Å²) in [6, 6.07) is 15.6. The maximum Gasteiger partial charge on any atom is 0.339 e. The third-order valence-electron chi connectivity index (χ3n) is 3.96. The fourth-order valence-corrected chi connectivity index (χ4v) is 2.62. The van der Waals surface area contributed by atoms with E-state index in [1.54, 1.807) is 48.5 Å². The molecule has 1 aliphatic rings. The van der Waals surface area contributed by atoms with Crippen LogP contribution >= 0.6 is 0 Å². The number of benzene rings is 2. The molecule has 0 spiro atoms. The maximum atomic E-state index is 12.3. The minimum atomic E-state index is -1.11. The Kier molecular flexibility index (Phi) is 4.79. The van der Waals surface area contributed by atoms with Gasteiger partial charge in [0, 0.05) is 24.2 Å². The Labute approximate surface area is 145 Å². The molecule has 0 aromatic heterocycles. The number of hydrogen-bond donors (Lipinski definition) is 1. The van der Waals surface area contributed by atoms with Crippen LogP contribution in [-0.2, 0) is 9.53 Å². The predicted molar refractivity (Wildman–Crippen MR) is 95.3 cm³/mol. The highest BCUT2D eigenvalue weighted by atomic mass is 16.5. The van der Waals surface area contributed by atoms with Gasteiger partial charge in [-0.15, -0.1) is 0 Å². The van der Waals surface area contributed by atoms with Gasteiger partial charge in [0.05, 0.1) is 11.3 Å². The second kappa shape index (κ2) is 7.17. The second-order valence-electron chi connectivity index (χ2n) is 5.85. The predicted octanol–water partition coefficient (Wildman–Crippen LogP) is 2.66. The number of carbonyl (C=O) groups is 2. The average Bonchev–Trinajstić information content (AvgIpc) is 3.06. The summed E-state index contributed by atoms with van der Waals surface area (Å²) in [4.78, 5) is 24.0. The SMILES string of the molecule is CC1=NN(c2ccc(C(=O)O[C@H](C(N)=O)c3ccccc3)cc2)CC1. The number of ether oxygens (including phenoxy) is 1. The number of hydrazone groups is 1. The van der Waals surface area contributed by atoms with Crippen LogP contribution in [0.3, 0.4) is 0 Å². The monoisotopic (exact) mass is 337 g/mol. The average molecular weight is 337 g/mol. The first-order valence-corrected chi connectivity index (χ1v) is 8.01. The van der Waals surface area contributed by atoms with E-state index in [1.165, 1.54) is 0 Å². The first-order chi connectivity index (χ1) is 12.0. The van der Waals surface area contributed by atoms with Gasteiger partial charge in [0.25, 0.3) is 5.91 Å². The van der Waals surface area contributed by atoms with Crippen LogP contribution in [0.2, 0.25) is 0 Å². The van der Waals surface area contributed by atoms with Crippen LogP contribution < -0.4 is 10.7 Å². The van der Waals surface area contributed by atoms with Crippen LogP contribution in [0.25, 0.3) is 0 Å². The molecule has 2 N–H and O–H groups in total. The van der Waals surface area contributed by atoms with Gasteiger partial charge in [-0.2, -0.15) is 5.10 Å². The normalized spacial score (nSPS) is 14.8. The van der Waals surface area contributed by atoms with Gasteiger partial charge in [0.1, 0.15) is 0 Å². The van der Waals surface area contributed by atoms with Gasteiger partial charge >= 0.3 is 5.97 Å². The fourth-order valence-electron chi connectivity index (χ4n) is 2.62. The molecule has 0 saturated heterocycles. The number of nitrogens with zero attached hydrogens (tertiary/aromatic N) is 2. The minimum Gasteiger partial charge on any atom is -0.444 e. The molecule has 128 valence electrons. The number of primary amides is 1. The lowest BCUT2D eigenvalue weighted by Crippen LogP contribution is -2.26. The summed E-state index contributed by atoms with van der Waals surface area (Å²) in [5, 5.41) is 6.31. The molecule has 0 radical (unpaired) electrons. The van der Waals surface area contributed by atoms with Gasteiger partial charge in [0.15, 0.2) is 0 Å². The Balaban J connectivity index is 1.73. The van der Waals surface area contributed by atoms with Crippen molar-refractivity contribution < 1.29 is 14.3 Å². The molecule has 1 amide bonds. The summed E-state index contributed by atoms with van der Waals surface area (Å²) in [6.07, 6.45) is -0.180. The van der Waals surface area contributed by atoms with Crippen molar-refractivity contribution >= 4 is 23.3 Å². The van der Waals surface area contributed by atoms with Gasteiger partial charge in [-0.1, -0.05) is 30.3 Å². The Hall–Kier alpha value is -3.15. The van der Waals surface area contributed by atoms with E-state index >= 15 is 0 Å². The number of esters is 1. The van der Waals surface area contributed by atoms with Crippen molar-refractivity contribution in [1.82, 2.24) is 0 Å². The van der Waals surface area contributed by atoms with E-state index in [1.807, 2.05) is 18.0 Å². The van der Waals surface area contributed by atoms with Crippen molar-refractivity contribution in [2.24, 2.45) is 10.8 Å². The van der Waals surface area contributed by atoms with Crippen LogP contribution in [0, 0.1) is 0 Å². The van der Waals surface area contributed by atoms with Crippen molar-refractivity contribution in [3.8, 4) is 0 Å². The summed E-state index contributed by atoms with van der Waals surface area (Å²) in [7, 11) is 0. The highest BCUT2D eigenvalue weighted by molar-refractivity contribution is 5.93. The molecule has 2 aromatic carbocycles. The minimum absolute atomic E-state index is 0.353. The quantitative estimate of drug-likeness (QED) is 0.850. The van der Waals surface area contributed by atoms with E-state index in [2.05, 4.69) is 5.10 Å². The highest BCUT2D eigenvalue weighted by Gasteiger charge is 2.23. The van der Waals surface area contributed by atoms with E-state index in [-0.39, 0.29) is 0 Å². The number of hydrogen-bond acceptors (Lipinski definition) is 5.